The van der Waals surface area contributed by atoms with Gasteiger partial charge in [0.15, 0.2) is 0 Å². The van der Waals surface area contributed by atoms with Gasteiger partial charge in [-0.1, -0.05) is 19.8 Å². The lowest BCUT2D eigenvalue weighted by Gasteiger charge is -2.06. The summed E-state index contributed by atoms with van der Waals surface area (Å²) >= 11 is 0. The predicted molar refractivity (Wildman–Crippen MR) is 47.4 cm³/mol. The van der Waals surface area contributed by atoms with Crippen LogP contribution in [0.2, 0.25) is 0 Å². The minimum absolute atomic E-state index is 0.432. The van der Waals surface area contributed by atoms with E-state index in [2.05, 4.69) is 25.1 Å². The molecule has 11 heavy (non-hydrogen) atoms. The molecule has 0 atom stereocenters. The highest BCUT2D eigenvalue weighted by Gasteiger charge is 1.90. The molecule has 0 aromatic carbocycles. The molecule has 0 amide bonds. The summed E-state index contributed by atoms with van der Waals surface area (Å²) in [6, 6.07) is 0.558. The Bertz CT molecular complexity index is 115. The molecule has 0 spiro atoms. The topological polar surface area (TPSA) is 21.3 Å². The summed E-state index contributed by atoms with van der Waals surface area (Å²) in [7, 11) is 0. The van der Waals surface area contributed by atoms with Gasteiger partial charge in [0, 0.05) is 12.6 Å². The molecule has 0 radical (unpaired) electrons. The van der Waals surface area contributed by atoms with Crippen molar-refractivity contribution in [1.82, 2.24) is 5.32 Å². The van der Waals surface area contributed by atoms with Crippen molar-refractivity contribution in [2.24, 2.45) is 0 Å². The van der Waals surface area contributed by atoms with Gasteiger partial charge in [0.2, 0.25) is 0 Å². The van der Waals surface area contributed by atoms with E-state index in [0.29, 0.717) is 12.6 Å². The summed E-state index contributed by atoms with van der Waals surface area (Å²) in [6.45, 7) is 6.44. The van der Waals surface area contributed by atoms with Crippen LogP contribution < -0.4 is 5.32 Å². The van der Waals surface area contributed by atoms with Gasteiger partial charge in [-0.2, -0.15) is 0 Å². The van der Waals surface area contributed by atoms with E-state index in [1.54, 1.807) is 0 Å². The average molecular weight is 155 g/mol. The lowest BCUT2D eigenvalue weighted by Crippen LogP contribution is -2.24. The Morgan fingerprint density at radius 2 is 2.27 bits per heavy atom. The van der Waals surface area contributed by atoms with Crippen molar-refractivity contribution < 1.29 is 4.74 Å². The van der Waals surface area contributed by atoms with Crippen LogP contribution in [0.15, 0.2) is 0 Å². The van der Waals surface area contributed by atoms with Crippen LogP contribution in [0.5, 0.6) is 0 Å². The van der Waals surface area contributed by atoms with Crippen molar-refractivity contribution in [3.05, 3.63) is 0 Å². The molecule has 0 aliphatic rings. The minimum Gasteiger partial charge on any atom is -0.369 e. The zero-order valence-electron chi connectivity index (χ0n) is 7.39. The van der Waals surface area contributed by atoms with Crippen LogP contribution in [0.25, 0.3) is 0 Å². The Kier molecular flexibility index (Phi) is 7.23. The second-order valence-corrected chi connectivity index (χ2v) is 2.72. The first-order chi connectivity index (χ1) is 5.27. The fourth-order valence-electron chi connectivity index (χ4n) is 0.696. The van der Waals surface area contributed by atoms with E-state index in [-0.39, 0.29) is 0 Å². The summed E-state index contributed by atoms with van der Waals surface area (Å²) in [6.07, 6.45) is 6.03. The molecule has 0 heterocycles. The normalized spacial score (nSPS) is 10.0. The first-order valence-corrected chi connectivity index (χ1v) is 4.02. The summed E-state index contributed by atoms with van der Waals surface area (Å²) in [5.74, 6) is 2.42. The smallest absolute Gasteiger partial charge is 0.107 e. The van der Waals surface area contributed by atoms with Gasteiger partial charge in [0.1, 0.15) is 6.61 Å². The SMILES string of the molecule is C#CCOCCCNC(C)C. The van der Waals surface area contributed by atoms with E-state index < -0.39 is 0 Å². The standard InChI is InChI=1S/C9H17NO/c1-4-7-11-8-5-6-10-9(2)3/h1,9-10H,5-8H2,2-3H3. The Balaban J connectivity index is 2.86. The molecule has 0 unspecified atom stereocenters. The number of hydrogen-bond donors (Lipinski definition) is 1. The summed E-state index contributed by atoms with van der Waals surface area (Å²) in [5.41, 5.74) is 0. The van der Waals surface area contributed by atoms with E-state index in [1.807, 2.05) is 0 Å². The molecule has 0 rings (SSSR count). The molecule has 0 aromatic heterocycles. The molecular formula is C9H17NO. The molecule has 0 bridgehead atoms. The van der Waals surface area contributed by atoms with E-state index in [9.17, 15) is 0 Å². The molecule has 2 heteroatoms. The van der Waals surface area contributed by atoms with Crippen LogP contribution in [0.3, 0.4) is 0 Å². The van der Waals surface area contributed by atoms with Crippen molar-refractivity contribution in [2.45, 2.75) is 26.3 Å². The second kappa shape index (κ2) is 7.59. The number of hydrogen-bond acceptors (Lipinski definition) is 2. The van der Waals surface area contributed by atoms with Crippen LogP contribution in [-0.4, -0.2) is 25.8 Å². The van der Waals surface area contributed by atoms with Gasteiger partial charge in [-0.15, -0.1) is 6.42 Å². The largest absolute Gasteiger partial charge is 0.369 e. The highest BCUT2D eigenvalue weighted by atomic mass is 16.5. The number of rotatable bonds is 6. The van der Waals surface area contributed by atoms with Gasteiger partial charge in [-0.3, -0.25) is 0 Å². The Hall–Kier alpha value is -0.520. The monoisotopic (exact) mass is 155 g/mol. The number of terminal acetylenes is 1. The van der Waals surface area contributed by atoms with E-state index >= 15 is 0 Å². The third kappa shape index (κ3) is 9.48. The Morgan fingerprint density at radius 1 is 1.55 bits per heavy atom. The summed E-state index contributed by atoms with van der Waals surface area (Å²) in [4.78, 5) is 0. The van der Waals surface area contributed by atoms with Crippen LogP contribution in [0, 0.1) is 12.3 Å². The van der Waals surface area contributed by atoms with Crippen molar-refractivity contribution in [3.8, 4) is 12.3 Å². The van der Waals surface area contributed by atoms with Gasteiger partial charge in [-0.25, -0.2) is 0 Å². The molecule has 0 aliphatic carbocycles. The van der Waals surface area contributed by atoms with E-state index in [4.69, 9.17) is 11.2 Å². The molecule has 2 nitrogen and oxygen atoms in total. The highest BCUT2D eigenvalue weighted by molar-refractivity contribution is 4.82. The van der Waals surface area contributed by atoms with Gasteiger partial charge in [-0.05, 0) is 13.0 Å². The summed E-state index contributed by atoms with van der Waals surface area (Å²) in [5, 5.41) is 3.29. The van der Waals surface area contributed by atoms with Gasteiger partial charge < -0.3 is 10.1 Å². The first-order valence-electron chi connectivity index (χ1n) is 4.02. The Labute approximate surface area is 69.3 Å². The molecule has 1 N–H and O–H groups in total. The lowest BCUT2D eigenvalue weighted by atomic mass is 10.3. The Morgan fingerprint density at radius 3 is 2.82 bits per heavy atom. The zero-order chi connectivity index (χ0) is 8.53. The van der Waals surface area contributed by atoms with Gasteiger partial charge in [0.05, 0.1) is 0 Å². The third-order valence-corrected chi connectivity index (χ3v) is 1.20. The fraction of sp³-hybridized carbons (Fsp3) is 0.778. The quantitative estimate of drug-likeness (QED) is 0.457. The maximum atomic E-state index is 5.09. The van der Waals surface area contributed by atoms with Crippen molar-refractivity contribution in [1.29, 1.82) is 0 Å². The molecule has 0 saturated heterocycles. The average Bonchev–Trinajstić information content (AvgIpc) is 1.96. The van der Waals surface area contributed by atoms with Crippen LogP contribution in [-0.2, 0) is 4.74 Å². The molecule has 0 saturated carbocycles. The first kappa shape index (κ1) is 10.5. The molecule has 0 aromatic rings. The van der Waals surface area contributed by atoms with Gasteiger partial charge >= 0.3 is 0 Å². The lowest BCUT2D eigenvalue weighted by molar-refractivity contribution is 0.163. The van der Waals surface area contributed by atoms with E-state index in [0.717, 1.165) is 19.6 Å². The summed E-state index contributed by atoms with van der Waals surface area (Å²) < 4.78 is 5.09. The number of ether oxygens (including phenoxy) is 1. The van der Waals surface area contributed by atoms with Crippen molar-refractivity contribution >= 4 is 0 Å². The predicted octanol–water partition coefficient (Wildman–Crippen LogP) is 1.02. The van der Waals surface area contributed by atoms with Crippen molar-refractivity contribution in [3.63, 3.8) is 0 Å². The maximum absolute atomic E-state index is 5.09. The second-order valence-electron chi connectivity index (χ2n) is 2.72. The highest BCUT2D eigenvalue weighted by Crippen LogP contribution is 1.82. The molecular weight excluding hydrogens is 138 g/mol. The minimum atomic E-state index is 0.432. The van der Waals surface area contributed by atoms with Crippen molar-refractivity contribution in [2.75, 3.05) is 19.8 Å². The molecule has 64 valence electrons. The van der Waals surface area contributed by atoms with E-state index in [1.165, 1.54) is 0 Å². The van der Waals surface area contributed by atoms with Gasteiger partial charge in [0.25, 0.3) is 0 Å². The zero-order valence-corrected chi connectivity index (χ0v) is 7.39. The van der Waals surface area contributed by atoms with Crippen LogP contribution in [0.4, 0.5) is 0 Å². The fourth-order valence-corrected chi connectivity index (χ4v) is 0.696. The molecule has 0 aliphatic heterocycles. The number of nitrogens with one attached hydrogen (secondary N) is 1. The maximum Gasteiger partial charge on any atom is 0.107 e. The van der Waals surface area contributed by atoms with Crippen LogP contribution in [0.1, 0.15) is 20.3 Å². The van der Waals surface area contributed by atoms with Crippen LogP contribution >= 0.6 is 0 Å². The third-order valence-electron chi connectivity index (χ3n) is 1.20. The molecule has 0 fully saturated rings.